The summed E-state index contributed by atoms with van der Waals surface area (Å²) in [4.78, 5) is 36.1. The lowest BCUT2D eigenvalue weighted by Gasteiger charge is -2.35. The van der Waals surface area contributed by atoms with Crippen molar-refractivity contribution in [3.63, 3.8) is 0 Å². The smallest absolute Gasteiger partial charge is 0.252 e. The number of rotatable bonds is 6. The first-order chi connectivity index (χ1) is 18.0. The van der Waals surface area contributed by atoms with Gasteiger partial charge >= 0.3 is 0 Å². The molecule has 0 spiro atoms. The van der Waals surface area contributed by atoms with Crippen LogP contribution in [0.15, 0.2) is 46.1 Å². The van der Waals surface area contributed by atoms with E-state index in [0.717, 1.165) is 29.5 Å². The number of aliphatic hydroxyl groups is 1. The zero-order valence-electron chi connectivity index (χ0n) is 20.3. The second-order valence-electron chi connectivity index (χ2n) is 9.38. The number of ether oxygens (including phenoxy) is 2. The minimum atomic E-state index is -1.10. The molecule has 1 aliphatic carbocycles. The molecule has 5 heterocycles. The van der Waals surface area contributed by atoms with E-state index in [0.29, 0.717) is 42.0 Å². The highest BCUT2D eigenvalue weighted by Crippen LogP contribution is 2.38. The highest BCUT2D eigenvalue weighted by atomic mass is 32.2. The number of anilines is 2. The van der Waals surface area contributed by atoms with E-state index in [1.165, 1.54) is 11.8 Å². The van der Waals surface area contributed by atoms with Crippen molar-refractivity contribution >= 4 is 40.3 Å². The van der Waals surface area contributed by atoms with Crippen LogP contribution in [0.4, 0.5) is 11.6 Å². The molecule has 11 nitrogen and oxygen atoms in total. The second kappa shape index (κ2) is 9.93. The molecule has 4 atom stereocenters. The van der Waals surface area contributed by atoms with Gasteiger partial charge in [-0.1, -0.05) is 0 Å². The highest BCUT2D eigenvalue weighted by Gasteiger charge is 2.45. The first kappa shape index (κ1) is 24.2. The van der Waals surface area contributed by atoms with Crippen molar-refractivity contribution in [3.05, 3.63) is 46.8 Å². The first-order valence-corrected chi connectivity index (χ1v) is 13.3. The summed E-state index contributed by atoms with van der Waals surface area (Å²) in [6, 6.07) is 11.0. The Hall–Kier alpha value is -3.19. The zero-order valence-corrected chi connectivity index (χ0v) is 21.1. The molecule has 0 bridgehead atoms. The normalized spacial score (nSPS) is 25.0. The first-order valence-electron chi connectivity index (χ1n) is 12.3. The maximum Gasteiger partial charge on any atom is 0.252 e. The number of methoxy groups -OCH3 is 1. The number of aromatic nitrogens is 3. The number of hydrogen-bond donors (Lipinski definition) is 3. The van der Waals surface area contributed by atoms with Crippen LogP contribution in [0.5, 0.6) is 5.88 Å². The Morgan fingerprint density at radius 1 is 1.19 bits per heavy atom. The SMILES string of the molecule is COc1ccc2ccc(=O)n(CCN[C@H]3CC[C@H]4[C@H](C3)OC(O)N4c3ccc4c(n3)NC(=O)CS4)c2n1. The van der Waals surface area contributed by atoms with Crippen LogP contribution in [-0.4, -0.2) is 69.6 Å². The average molecular weight is 525 g/mol. The van der Waals surface area contributed by atoms with Crippen molar-refractivity contribution in [2.24, 2.45) is 0 Å². The molecule has 3 N–H and O–H groups in total. The van der Waals surface area contributed by atoms with Gasteiger partial charge < -0.3 is 30.1 Å². The van der Waals surface area contributed by atoms with Gasteiger partial charge in [0.2, 0.25) is 18.2 Å². The molecule has 2 aliphatic heterocycles. The van der Waals surface area contributed by atoms with Gasteiger partial charge in [-0.05, 0) is 43.5 Å². The number of amides is 1. The predicted molar refractivity (Wildman–Crippen MR) is 139 cm³/mol. The molecule has 6 rings (SSSR count). The van der Waals surface area contributed by atoms with Gasteiger partial charge in [0.25, 0.3) is 5.56 Å². The fraction of sp³-hybridized carbons (Fsp3) is 0.440. The van der Waals surface area contributed by atoms with Gasteiger partial charge in [-0.2, -0.15) is 4.98 Å². The summed E-state index contributed by atoms with van der Waals surface area (Å²) >= 11 is 1.45. The minimum Gasteiger partial charge on any atom is -0.481 e. The van der Waals surface area contributed by atoms with Gasteiger partial charge in [0, 0.05) is 36.7 Å². The number of aliphatic hydroxyl groups excluding tert-OH is 1. The number of thioether (sulfide) groups is 1. The third-order valence-electron chi connectivity index (χ3n) is 7.16. The van der Waals surface area contributed by atoms with Crippen LogP contribution in [0.2, 0.25) is 0 Å². The Morgan fingerprint density at radius 3 is 2.92 bits per heavy atom. The quantitative estimate of drug-likeness (QED) is 0.436. The molecule has 1 saturated heterocycles. The number of hydrogen-bond acceptors (Lipinski definition) is 10. The van der Waals surface area contributed by atoms with E-state index in [2.05, 4.69) is 20.6 Å². The summed E-state index contributed by atoms with van der Waals surface area (Å²) < 4.78 is 12.8. The van der Waals surface area contributed by atoms with Crippen LogP contribution in [0.3, 0.4) is 0 Å². The van der Waals surface area contributed by atoms with Crippen LogP contribution >= 0.6 is 11.8 Å². The monoisotopic (exact) mass is 524 g/mol. The van der Waals surface area contributed by atoms with E-state index in [1.54, 1.807) is 34.8 Å². The Morgan fingerprint density at radius 2 is 2.05 bits per heavy atom. The van der Waals surface area contributed by atoms with Crippen molar-refractivity contribution in [2.45, 2.75) is 55.3 Å². The third kappa shape index (κ3) is 4.65. The van der Waals surface area contributed by atoms with Crippen LogP contribution < -0.4 is 25.8 Å². The Kier molecular flexibility index (Phi) is 6.49. The average Bonchev–Trinajstić information content (AvgIpc) is 3.24. The lowest BCUT2D eigenvalue weighted by molar-refractivity contribution is -0.113. The zero-order chi connectivity index (χ0) is 25.5. The predicted octanol–water partition coefficient (Wildman–Crippen LogP) is 1.54. The molecule has 3 aliphatic rings. The summed E-state index contributed by atoms with van der Waals surface area (Å²) in [6.45, 7) is 1.06. The minimum absolute atomic E-state index is 0.0112. The summed E-state index contributed by atoms with van der Waals surface area (Å²) in [7, 11) is 1.55. The number of pyridine rings is 3. The molecule has 3 aromatic heterocycles. The van der Waals surface area contributed by atoms with Crippen molar-refractivity contribution < 1.29 is 19.4 Å². The largest absolute Gasteiger partial charge is 0.481 e. The highest BCUT2D eigenvalue weighted by molar-refractivity contribution is 8.00. The van der Waals surface area contributed by atoms with Gasteiger partial charge in [-0.3, -0.25) is 14.2 Å². The van der Waals surface area contributed by atoms with Crippen molar-refractivity contribution in [1.82, 2.24) is 19.9 Å². The molecule has 37 heavy (non-hydrogen) atoms. The molecule has 194 valence electrons. The summed E-state index contributed by atoms with van der Waals surface area (Å²) in [5, 5.41) is 18.0. The fourth-order valence-corrected chi connectivity index (χ4v) is 6.14. The standard InChI is InChI=1S/C25H28N6O5S/c1-35-21-8-2-14-3-9-22(33)30(24(14)29-21)11-10-26-15-4-5-16-17(12-15)36-25(34)31(16)19-7-6-18-23(27-19)28-20(32)13-37-18/h2-3,6-9,15-17,25-26,34H,4-5,10-13H2,1H3,(H,27,28,32)/t15-,16-,17-,25?/m0/s1. The van der Waals surface area contributed by atoms with Crippen LogP contribution in [0.25, 0.3) is 11.0 Å². The maximum atomic E-state index is 12.5. The molecule has 12 heteroatoms. The summed E-state index contributed by atoms with van der Waals surface area (Å²) in [5.41, 5.74) is 0.492. The molecule has 1 saturated carbocycles. The maximum absolute atomic E-state index is 12.5. The summed E-state index contributed by atoms with van der Waals surface area (Å²) in [6.07, 6.45) is 1.18. The van der Waals surface area contributed by atoms with Gasteiger partial charge in [-0.25, -0.2) is 4.98 Å². The van der Waals surface area contributed by atoms with Crippen molar-refractivity contribution in [1.29, 1.82) is 0 Å². The van der Waals surface area contributed by atoms with Crippen LogP contribution in [0.1, 0.15) is 19.3 Å². The number of nitrogens with zero attached hydrogens (tertiary/aromatic N) is 4. The third-order valence-corrected chi connectivity index (χ3v) is 8.20. The Balaban J connectivity index is 1.10. The van der Waals surface area contributed by atoms with Crippen LogP contribution in [0, 0.1) is 0 Å². The summed E-state index contributed by atoms with van der Waals surface area (Å²) in [5.74, 6) is 1.88. The molecular weight excluding hydrogens is 496 g/mol. The van der Waals surface area contributed by atoms with Crippen LogP contribution in [-0.2, 0) is 16.1 Å². The number of carbonyl (C=O) groups is 1. The van der Waals surface area contributed by atoms with Crippen molar-refractivity contribution in [2.75, 3.05) is 29.6 Å². The molecule has 0 radical (unpaired) electrons. The topological polar surface area (TPSA) is 131 Å². The van der Waals surface area contributed by atoms with Gasteiger partial charge in [0.1, 0.15) is 17.3 Å². The Bertz CT molecular complexity index is 1400. The number of carbonyl (C=O) groups excluding carboxylic acids is 1. The number of fused-ring (bicyclic) bond motifs is 3. The molecule has 1 amide bonds. The van der Waals surface area contributed by atoms with E-state index < -0.39 is 6.41 Å². The molecule has 0 aromatic carbocycles. The lowest BCUT2D eigenvalue weighted by Crippen LogP contribution is -2.47. The molecule has 1 unspecified atom stereocenters. The van der Waals surface area contributed by atoms with E-state index in [4.69, 9.17) is 9.47 Å². The number of nitrogens with one attached hydrogen (secondary N) is 2. The van der Waals surface area contributed by atoms with E-state index in [1.807, 2.05) is 18.2 Å². The van der Waals surface area contributed by atoms with Gasteiger partial charge in [-0.15, -0.1) is 11.8 Å². The van der Waals surface area contributed by atoms with E-state index in [9.17, 15) is 14.7 Å². The molecule has 3 aromatic rings. The Labute approximate surface area is 217 Å². The van der Waals surface area contributed by atoms with Gasteiger partial charge in [0.15, 0.2) is 0 Å². The second-order valence-corrected chi connectivity index (χ2v) is 10.4. The van der Waals surface area contributed by atoms with E-state index >= 15 is 0 Å². The molecule has 2 fully saturated rings. The lowest BCUT2D eigenvalue weighted by atomic mass is 9.88. The fourth-order valence-electron chi connectivity index (χ4n) is 5.38. The van der Waals surface area contributed by atoms with Gasteiger partial charge in [0.05, 0.1) is 29.9 Å². The molecular formula is C25H28N6O5S. The van der Waals surface area contributed by atoms with Crippen molar-refractivity contribution in [3.8, 4) is 5.88 Å². The van der Waals surface area contributed by atoms with E-state index in [-0.39, 0.29) is 29.7 Å².